The minimum Gasteiger partial charge on any atom is -0.378 e. The lowest BCUT2D eigenvalue weighted by molar-refractivity contribution is -0.140. The number of para-hydroxylation sites is 2. The molecular weight excluding hydrogens is 458 g/mol. The van der Waals surface area contributed by atoms with Crippen LogP contribution in [-0.4, -0.2) is 88.9 Å². The summed E-state index contributed by atoms with van der Waals surface area (Å²) in [5, 5.41) is 3.42. The Balaban J connectivity index is 1.58. The number of carbonyl (C=O) groups excluding carboxylic acids is 3. The van der Waals surface area contributed by atoms with Gasteiger partial charge in [0.1, 0.15) is 5.78 Å². The number of imidazole rings is 1. The summed E-state index contributed by atoms with van der Waals surface area (Å²) in [4.78, 5) is 47.4. The molecule has 9 nitrogen and oxygen atoms in total. The van der Waals surface area contributed by atoms with Gasteiger partial charge in [0.25, 0.3) is 5.91 Å². The first kappa shape index (κ1) is 26.3. The van der Waals surface area contributed by atoms with E-state index < -0.39 is 0 Å². The van der Waals surface area contributed by atoms with E-state index in [1.165, 1.54) is 0 Å². The first-order valence-electron chi connectivity index (χ1n) is 13.2. The van der Waals surface area contributed by atoms with Gasteiger partial charge < -0.3 is 29.2 Å². The van der Waals surface area contributed by atoms with E-state index in [4.69, 9.17) is 9.72 Å². The van der Waals surface area contributed by atoms with Gasteiger partial charge in [0.2, 0.25) is 5.91 Å². The molecule has 2 fully saturated rings. The van der Waals surface area contributed by atoms with Crippen molar-refractivity contribution in [3.05, 3.63) is 30.1 Å². The molecule has 2 aromatic rings. The summed E-state index contributed by atoms with van der Waals surface area (Å²) in [6, 6.07) is 7.65. The fraction of sp³-hybridized carbons (Fsp3) is 0.630. The zero-order valence-corrected chi connectivity index (χ0v) is 21.7. The van der Waals surface area contributed by atoms with Crippen LogP contribution in [0.5, 0.6) is 0 Å². The molecule has 3 heterocycles. The van der Waals surface area contributed by atoms with Gasteiger partial charge in [-0.2, -0.15) is 0 Å². The predicted molar refractivity (Wildman–Crippen MR) is 138 cm³/mol. The number of nitrogens with zero attached hydrogens (tertiary/aromatic N) is 4. The van der Waals surface area contributed by atoms with Crippen molar-refractivity contribution < 1.29 is 19.1 Å². The number of rotatable bonds is 9. The second kappa shape index (κ2) is 12.0. The summed E-state index contributed by atoms with van der Waals surface area (Å²) in [6.07, 6.45) is 1.75. The molecule has 0 aliphatic carbocycles. The fourth-order valence-corrected chi connectivity index (χ4v) is 5.26. The van der Waals surface area contributed by atoms with Crippen LogP contribution in [-0.2, 0) is 20.9 Å². The summed E-state index contributed by atoms with van der Waals surface area (Å²) in [5.74, 6) is 0.663. The highest BCUT2D eigenvalue weighted by Crippen LogP contribution is 2.24. The Hall–Kier alpha value is -2.78. The van der Waals surface area contributed by atoms with E-state index in [1.807, 2.05) is 38.6 Å². The molecule has 0 bridgehead atoms. The van der Waals surface area contributed by atoms with Gasteiger partial charge in [0, 0.05) is 51.7 Å². The number of ether oxygens (including phenoxy) is 1. The van der Waals surface area contributed by atoms with Crippen LogP contribution in [0.4, 0.5) is 0 Å². The largest absolute Gasteiger partial charge is 0.378 e. The highest BCUT2D eigenvalue weighted by Gasteiger charge is 2.36. The van der Waals surface area contributed by atoms with Gasteiger partial charge in [-0.05, 0) is 37.8 Å². The number of Topliss-reactive ketones (excluding diaryl/α,β-unsaturated/α-hetero) is 1. The minimum atomic E-state index is -0.168. The smallest absolute Gasteiger partial charge is 0.290 e. The van der Waals surface area contributed by atoms with E-state index in [2.05, 4.69) is 19.2 Å². The maximum absolute atomic E-state index is 14.1. The molecule has 2 aliphatic heterocycles. The molecular formula is C27H39N5O4. The van der Waals surface area contributed by atoms with Crippen LogP contribution in [0, 0.1) is 11.8 Å². The second-order valence-electron chi connectivity index (χ2n) is 10.4. The summed E-state index contributed by atoms with van der Waals surface area (Å²) < 4.78 is 7.37. The molecule has 2 aliphatic rings. The van der Waals surface area contributed by atoms with Crippen molar-refractivity contribution in [1.29, 1.82) is 0 Å². The average molecular weight is 498 g/mol. The van der Waals surface area contributed by atoms with Crippen LogP contribution < -0.4 is 5.32 Å². The number of benzene rings is 1. The first-order valence-corrected chi connectivity index (χ1v) is 13.2. The third-order valence-corrected chi connectivity index (χ3v) is 7.02. The highest BCUT2D eigenvalue weighted by atomic mass is 16.5. The number of aryl methyl sites for hydroxylation is 1. The van der Waals surface area contributed by atoms with Crippen molar-refractivity contribution in [2.24, 2.45) is 11.8 Å². The van der Waals surface area contributed by atoms with E-state index in [-0.39, 0.29) is 35.5 Å². The molecule has 0 saturated carbocycles. The maximum Gasteiger partial charge on any atom is 0.290 e. The number of nitrogens with one attached hydrogen (secondary N) is 1. The van der Waals surface area contributed by atoms with Gasteiger partial charge >= 0.3 is 0 Å². The molecule has 4 rings (SSSR count). The zero-order chi connectivity index (χ0) is 25.7. The molecule has 0 radical (unpaired) electrons. The quantitative estimate of drug-likeness (QED) is 0.571. The number of hydrogen-bond acceptors (Lipinski definition) is 6. The van der Waals surface area contributed by atoms with Crippen molar-refractivity contribution in [3.63, 3.8) is 0 Å². The van der Waals surface area contributed by atoms with Crippen LogP contribution in [0.15, 0.2) is 24.3 Å². The summed E-state index contributed by atoms with van der Waals surface area (Å²) in [7, 11) is 0. The van der Waals surface area contributed by atoms with E-state index in [1.54, 1.807) is 6.92 Å². The van der Waals surface area contributed by atoms with Crippen molar-refractivity contribution in [2.45, 2.75) is 52.6 Å². The van der Waals surface area contributed by atoms with Crippen LogP contribution in [0.2, 0.25) is 0 Å². The van der Waals surface area contributed by atoms with Crippen molar-refractivity contribution >= 4 is 28.6 Å². The number of morpholine rings is 1. The highest BCUT2D eigenvalue weighted by molar-refractivity contribution is 5.95. The first-order chi connectivity index (χ1) is 17.3. The number of fused-ring (bicyclic) bond motifs is 1. The Morgan fingerprint density at radius 1 is 1.17 bits per heavy atom. The van der Waals surface area contributed by atoms with Crippen LogP contribution in [0.3, 0.4) is 0 Å². The van der Waals surface area contributed by atoms with E-state index in [0.29, 0.717) is 77.6 Å². The van der Waals surface area contributed by atoms with Gasteiger partial charge in [0.15, 0.2) is 5.82 Å². The Kier molecular flexibility index (Phi) is 8.74. The van der Waals surface area contributed by atoms with Gasteiger partial charge in [-0.25, -0.2) is 4.98 Å². The number of carbonyl (C=O) groups is 3. The third-order valence-electron chi connectivity index (χ3n) is 7.02. The van der Waals surface area contributed by atoms with Gasteiger partial charge in [-0.1, -0.05) is 26.0 Å². The lowest BCUT2D eigenvalue weighted by Gasteiger charge is -2.40. The van der Waals surface area contributed by atoms with Gasteiger partial charge in [-0.3, -0.25) is 9.59 Å². The summed E-state index contributed by atoms with van der Waals surface area (Å²) in [6.45, 7) is 10.6. The van der Waals surface area contributed by atoms with Crippen molar-refractivity contribution in [3.8, 4) is 0 Å². The molecule has 2 saturated heterocycles. The number of amides is 2. The molecule has 0 spiro atoms. The second-order valence-corrected chi connectivity index (χ2v) is 10.4. The lowest BCUT2D eigenvalue weighted by Crippen LogP contribution is -2.56. The number of hydrogen-bond donors (Lipinski definition) is 1. The number of piperidine rings is 1. The fourth-order valence-electron chi connectivity index (χ4n) is 5.26. The molecule has 2 atom stereocenters. The predicted octanol–water partition coefficient (Wildman–Crippen LogP) is 2.34. The molecule has 0 unspecified atom stereocenters. The Labute approximate surface area is 213 Å². The van der Waals surface area contributed by atoms with Crippen molar-refractivity contribution in [1.82, 2.24) is 24.7 Å². The topological polar surface area (TPSA) is 96.8 Å². The lowest BCUT2D eigenvalue weighted by atomic mass is 9.92. The molecule has 1 aromatic carbocycles. The number of aromatic nitrogens is 2. The van der Waals surface area contributed by atoms with Gasteiger partial charge in [-0.15, -0.1) is 0 Å². The Morgan fingerprint density at radius 3 is 2.64 bits per heavy atom. The summed E-state index contributed by atoms with van der Waals surface area (Å²) in [5.41, 5.74) is 1.67. The molecule has 1 aromatic heterocycles. The molecule has 2 amide bonds. The number of ketones is 1. The van der Waals surface area contributed by atoms with Crippen LogP contribution in [0.1, 0.15) is 50.7 Å². The zero-order valence-electron chi connectivity index (χ0n) is 21.7. The van der Waals surface area contributed by atoms with E-state index in [0.717, 1.165) is 11.0 Å². The molecule has 9 heteroatoms. The Morgan fingerprint density at radius 2 is 1.92 bits per heavy atom. The van der Waals surface area contributed by atoms with E-state index >= 15 is 0 Å². The van der Waals surface area contributed by atoms with Crippen molar-refractivity contribution in [2.75, 3.05) is 45.9 Å². The monoisotopic (exact) mass is 497 g/mol. The van der Waals surface area contributed by atoms with Gasteiger partial charge in [0.05, 0.1) is 30.2 Å². The minimum absolute atomic E-state index is 0.103. The molecule has 1 N–H and O–H groups in total. The standard InChI is InChI=1S/C27H39N5O4/c1-19(2)18-32(22-15-21(16-28-17-22)26(34)30-11-13-36-14-12-30)27(35)25-29-23-8-4-5-9-24(23)31(25)10-6-7-20(3)33/h4-5,8-9,19,21-22,28H,6-7,10-18H2,1-3H3/t21-,22+/m1/s1. The summed E-state index contributed by atoms with van der Waals surface area (Å²) >= 11 is 0. The van der Waals surface area contributed by atoms with Crippen LogP contribution >= 0.6 is 0 Å². The van der Waals surface area contributed by atoms with Crippen LogP contribution in [0.25, 0.3) is 11.0 Å². The van der Waals surface area contributed by atoms with E-state index in [9.17, 15) is 14.4 Å². The maximum atomic E-state index is 14.1. The Bertz CT molecular complexity index is 1080. The normalized spacial score (nSPS) is 20.6. The molecule has 196 valence electrons. The third kappa shape index (κ3) is 6.13. The molecule has 36 heavy (non-hydrogen) atoms. The SMILES string of the molecule is CC(=O)CCCn1c(C(=O)N(CC(C)C)[C@@H]2CNC[C@H](C(=O)N3CCOCC3)C2)nc2ccccc21. The average Bonchev–Trinajstić information content (AvgIpc) is 3.25.